The Morgan fingerprint density at radius 2 is 1.71 bits per heavy atom. The Balaban J connectivity index is 1.92. The summed E-state index contributed by atoms with van der Waals surface area (Å²) in [6, 6.07) is 6.43. The molecule has 1 aliphatic heterocycles. The van der Waals surface area contributed by atoms with Crippen molar-refractivity contribution < 1.29 is 9.59 Å². The Hall–Kier alpha value is -1.92. The highest BCUT2D eigenvalue weighted by atomic mass is 16.2. The number of piperazine rings is 1. The standard InChI is InChI=1S/C15H22N4O2/c1-11(19-9-7-18(2)8-10-19)15(21)17-13-5-3-12(4-6-13)14(16)20/h3-6,11H,7-10H2,1-2H3,(H2,16,20)(H,17,21). The first-order chi connectivity index (χ1) is 9.97. The summed E-state index contributed by atoms with van der Waals surface area (Å²) < 4.78 is 0. The third-order valence-corrected chi connectivity index (χ3v) is 3.90. The summed E-state index contributed by atoms with van der Waals surface area (Å²) in [5, 5.41) is 2.87. The topological polar surface area (TPSA) is 78.7 Å². The third kappa shape index (κ3) is 4.03. The van der Waals surface area contributed by atoms with Crippen LogP contribution in [0.5, 0.6) is 0 Å². The molecule has 1 heterocycles. The maximum Gasteiger partial charge on any atom is 0.248 e. The minimum Gasteiger partial charge on any atom is -0.366 e. The van der Waals surface area contributed by atoms with E-state index < -0.39 is 5.91 Å². The van der Waals surface area contributed by atoms with Crippen molar-refractivity contribution in [2.24, 2.45) is 5.73 Å². The van der Waals surface area contributed by atoms with Crippen molar-refractivity contribution in [1.82, 2.24) is 9.80 Å². The molecule has 21 heavy (non-hydrogen) atoms. The summed E-state index contributed by atoms with van der Waals surface area (Å²) in [5.41, 5.74) is 6.29. The quantitative estimate of drug-likeness (QED) is 0.839. The zero-order valence-corrected chi connectivity index (χ0v) is 12.5. The lowest BCUT2D eigenvalue weighted by Crippen LogP contribution is -2.51. The highest BCUT2D eigenvalue weighted by Crippen LogP contribution is 2.12. The molecule has 3 N–H and O–H groups in total. The van der Waals surface area contributed by atoms with Gasteiger partial charge in [-0.1, -0.05) is 0 Å². The predicted molar refractivity (Wildman–Crippen MR) is 82.1 cm³/mol. The van der Waals surface area contributed by atoms with Crippen LogP contribution in [0.3, 0.4) is 0 Å². The Bertz CT molecular complexity index is 507. The number of nitrogens with two attached hydrogens (primary N) is 1. The molecule has 114 valence electrons. The first kappa shape index (κ1) is 15.5. The number of carbonyl (C=O) groups excluding carboxylic acids is 2. The second kappa shape index (κ2) is 6.69. The van der Waals surface area contributed by atoms with Crippen LogP contribution in [-0.2, 0) is 4.79 Å². The van der Waals surface area contributed by atoms with Crippen LogP contribution in [0.15, 0.2) is 24.3 Å². The number of carbonyl (C=O) groups is 2. The molecule has 0 aliphatic carbocycles. The molecule has 1 atom stereocenters. The molecule has 1 unspecified atom stereocenters. The van der Waals surface area contributed by atoms with E-state index in [9.17, 15) is 9.59 Å². The SMILES string of the molecule is CC(C(=O)Nc1ccc(C(N)=O)cc1)N1CCN(C)CC1. The van der Waals surface area contributed by atoms with E-state index >= 15 is 0 Å². The first-order valence-corrected chi connectivity index (χ1v) is 7.10. The van der Waals surface area contributed by atoms with Crippen molar-refractivity contribution in [2.45, 2.75) is 13.0 Å². The zero-order valence-electron chi connectivity index (χ0n) is 12.5. The first-order valence-electron chi connectivity index (χ1n) is 7.10. The van der Waals surface area contributed by atoms with Crippen molar-refractivity contribution in [1.29, 1.82) is 0 Å². The largest absolute Gasteiger partial charge is 0.366 e. The second-order valence-electron chi connectivity index (χ2n) is 5.45. The van der Waals surface area contributed by atoms with Crippen molar-refractivity contribution in [3.63, 3.8) is 0 Å². The van der Waals surface area contributed by atoms with Gasteiger partial charge in [0.25, 0.3) is 0 Å². The number of benzene rings is 1. The fourth-order valence-electron chi connectivity index (χ4n) is 2.34. The molecule has 2 rings (SSSR count). The van der Waals surface area contributed by atoms with E-state index in [0.29, 0.717) is 11.3 Å². The van der Waals surface area contributed by atoms with Gasteiger partial charge in [0, 0.05) is 37.4 Å². The molecule has 0 aromatic heterocycles. The molecule has 1 aromatic carbocycles. The summed E-state index contributed by atoms with van der Waals surface area (Å²) in [6.07, 6.45) is 0. The molecule has 0 bridgehead atoms. The molecule has 1 aliphatic rings. The van der Waals surface area contributed by atoms with Gasteiger partial charge in [-0.15, -0.1) is 0 Å². The van der Waals surface area contributed by atoms with E-state index in [4.69, 9.17) is 5.73 Å². The number of anilines is 1. The molecule has 1 fully saturated rings. The fraction of sp³-hybridized carbons (Fsp3) is 0.467. The van der Waals surface area contributed by atoms with E-state index in [2.05, 4.69) is 22.2 Å². The number of nitrogens with one attached hydrogen (secondary N) is 1. The second-order valence-corrected chi connectivity index (χ2v) is 5.45. The lowest BCUT2D eigenvalue weighted by molar-refractivity contribution is -0.121. The maximum atomic E-state index is 12.3. The van der Waals surface area contributed by atoms with E-state index in [1.807, 2.05) is 6.92 Å². The summed E-state index contributed by atoms with van der Waals surface area (Å²) in [5.74, 6) is -0.509. The summed E-state index contributed by atoms with van der Waals surface area (Å²) in [6.45, 7) is 5.66. The summed E-state index contributed by atoms with van der Waals surface area (Å²) >= 11 is 0. The Morgan fingerprint density at radius 1 is 1.14 bits per heavy atom. The van der Waals surface area contributed by atoms with Gasteiger partial charge in [0.05, 0.1) is 6.04 Å². The van der Waals surface area contributed by atoms with E-state index in [-0.39, 0.29) is 11.9 Å². The van der Waals surface area contributed by atoms with Gasteiger partial charge in [-0.05, 0) is 38.2 Å². The van der Waals surface area contributed by atoms with Gasteiger partial charge in [0.15, 0.2) is 0 Å². The number of likely N-dealkylation sites (N-methyl/N-ethyl adjacent to an activating group) is 1. The van der Waals surface area contributed by atoms with Crippen LogP contribution in [0.1, 0.15) is 17.3 Å². The van der Waals surface area contributed by atoms with Crippen molar-refractivity contribution >= 4 is 17.5 Å². The fourth-order valence-corrected chi connectivity index (χ4v) is 2.34. The van der Waals surface area contributed by atoms with Gasteiger partial charge in [0.1, 0.15) is 0 Å². The summed E-state index contributed by atoms with van der Waals surface area (Å²) in [7, 11) is 2.09. The van der Waals surface area contributed by atoms with Crippen LogP contribution < -0.4 is 11.1 Å². The molecule has 0 spiro atoms. The zero-order chi connectivity index (χ0) is 15.4. The van der Waals surface area contributed by atoms with Gasteiger partial charge in [-0.25, -0.2) is 0 Å². The van der Waals surface area contributed by atoms with E-state index in [0.717, 1.165) is 26.2 Å². The van der Waals surface area contributed by atoms with Crippen LogP contribution in [0.25, 0.3) is 0 Å². The lowest BCUT2D eigenvalue weighted by atomic mass is 10.2. The summed E-state index contributed by atoms with van der Waals surface area (Å²) in [4.78, 5) is 27.7. The molecule has 6 heteroatoms. The number of nitrogens with zero attached hydrogens (tertiary/aromatic N) is 2. The van der Waals surface area contributed by atoms with E-state index in [1.54, 1.807) is 24.3 Å². The average Bonchev–Trinajstić information content (AvgIpc) is 2.47. The number of hydrogen-bond acceptors (Lipinski definition) is 4. The number of amides is 2. The van der Waals surface area contributed by atoms with E-state index in [1.165, 1.54) is 0 Å². The number of primary amides is 1. The minimum absolute atomic E-state index is 0.0358. The van der Waals surface area contributed by atoms with Crippen molar-refractivity contribution in [3.8, 4) is 0 Å². The van der Waals surface area contributed by atoms with Gasteiger partial charge >= 0.3 is 0 Å². The molecular weight excluding hydrogens is 268 g/mol. The molecular formula is C15H22N4O2. The van der Waals surface area contributed by atoms with Crippen LogP contribution >= 0.6 is 0 Å². The molecule has 1 saturated heterocycles. The van der Waals surface area contributed by atoms with Gasteiger partial charge in [-0.3, -0.25) is 14.5 Å². The maximum absolute atomic E-state index is 12.3. The van der Waals surface area contributed by atoms with Gasteiger partial charge in [0.2, 0.25) is 11.8 Å². The third-order valence-electron chi connectivity index (χ3n) is 3.90. The normalized spacial score (nSPS) is 18.2. The number of hydrogen-bond donors (Lipinski definition) is 2. The van der Waals surface area contributed by atoms with Crippen LogP contribution in [0.4, 0.5) is 5.69 Å². The van der Waals surface area contributed by atoms with Crippen LogP contribution in [0, 0.1) is 0 Å². The van der Waals surface area contributed by atoms with Gasteiger partial charge in [-0.2, -0.15) is 0 Å². The lowest BCUT2D eigenvalue weighted by Gasteiger charge is -2.35. The molecule has 1 aromatic rings. The molecule has 0 radical (unpaired) electrons. The van der Waals surface area contributed by atoms with Crippen molar-refractivity contribution in [3.05, 3.63) is 29.8 Å². The van der Waals surface area contributed by atoms with Gasteiger partial charge < -0.3 is 16.0 Å². The van der Waals surface area contributed by atoms with Crippen LogP contribution in [0.2, 0.25) is 0 Å². The highest BCUT2D eigenvalue weighted by molar-refractivity contribution is 5.96. The molecule has 0 saturated carbocycles. The Kier molecular flexibility index (Phi) is 4.93. The van der Waals surface area contributed by atoms with Crippen LogP contribution in [-0.4, -0.2) is 60.9 Å². The highest BCUT2D eigenvalue weighted by Gasteiger charge is 2.24. The Labute approximate surface area is 124 Å². The van der Waals surface area contributed by atoms with Crippen molar-refractivity contribution in [2.75, 3.05) is 38.5 Å². The minimum atomic E-state index is -0.473. The molecule has 2 amide bonds. The number of rotatable bonds is 4. The Morgan fingerprint density at radius 3 is 2.24 bits per heavy atom. The average molecular weight is 290 g/mol. The predicted octanol–water partition coefficient (Wildman–Crippen LogP) is 0.360. The smallest absolute Gasteiger partial charge is 0.248 e. The molecule has 6 nitrogen and oxygen atoms in total. The monoisotopic (exact) mass is 290 g/mol.